The van der Waals surface area contributed by atoms with Crippen molar-refractivity contribution in [2.45, 2.75) is 57.3 Å². The summed E-state index contributed by atoms with van der Waals surface area (Å²) in [6.07, 6.45) is -6.19. The summed E-state index contributed by atoms with van der Waals surface area (Å²) in [5, 5.41) is 37.2. The van der Waals surface area contributed by atoms with Crippen LogP contribution < -0.4 is 16.4 Å². The van der Waals surface area contributed by atoms with Crippen LogP contribution in [0.25, 0.3) is 28.0 Å². The Morgan fingerprint density at radius 2 is 1.68 bits per heavy atom. The van der Waals surface area contributed by atoms with Gasteiger partial charge in [0, 0.05) is 36.3 Å². The zero-order chi connectivity index (χ0) is 48.6. The van der Waals surface area contributed by atoms with Gasteiger partial charge in [-0.25, -0.2) is 28.6 Å². The van der Waals surface area contributed by atoms with Gasteiger partial charge in [0.1, 0.15) is 36.3 Å². The van der Waals surface area contributed by atoms with Gasteiger partial charge in [0.15, 0.2) is 17.7 Å². The number of hydrogen-bond acceptors (Lipinski definition) is 19. The van der Waals surface area contributed by atoms with E-state index in [0.29, 0.717) is 5.56 Å². The molecule has 11 N–H and O–H groups in total. The van der Waals surface area contributed by atoms with E-state index >= 15 is 0 Å². The molecule has 1 aliphatic rings. The topological polar surface area (TPSA) is 401 Å². The van der Waals surface area contributed by atoms with Crippen LogP contribution in [0, 0.1) is 5.41 Å². The molecule has 2 amide bonds. The lowest BCUT2D eigenvalue weighted by Gasteiger charge is -2.30. The molecule has 0 bridgehead atoms. The number of aliphatic carboxylic acids is 1. The lowest BCUT2D eigenvalue weighted by Crippen LogP contribution is -2.46. The number of thioether (sulfide) groups is 1. The second-order valence-electron chi connectivity index (χ2n) is 15.1. The van der Waals surface area contributed by atoms with Crippen molar-refractivity contribution in [2.24, 2.45) is 5.41 Å². The van der Waals surface area contributed by atoms with E-state index in [0.717, 1.165) is 39.8 Å². The number of aliphatic hydroxyl groups excluding tert-OH is 2. The molecule has 1 saturated heterocycles. The summed E-state index contributed by atoms with van der Waals surface area (Å²) in [6.45, 7) is 0.0995. The first-order valence-electron chi connectivity index (χ1n) is 19.3. The number of aliphatic hydroxyl groups is 2. The highest BCUT2D eigenvalue weighted by molar-refractivity contribution is 8.14. The molecule has 1 aliphatic heterocycles. The molecule has 7 atom stereocenters. The van der Waals surface area contributed by atoms with Crippen LogP contribution in [0.3, 0.4) is 0 Å². The minimum Gasteiger partial charge on any atom is -0.481 e. The molecule has 2 aromatic heterocycles. The third kappa shape index (κ3) is 14.7. The van der Waals surface area contributed by atoms with Crippen molar-refractivity contribution in [2.75, 3.05) is 37.8 Å². The number of ether oxygens (including phenoxy) is 1. The molecule has 3 unspecified atom stereocenters. The first kappa shape index (κ1) is 52.4. The molecule has 360 valence electrons. The third-order valence-electron chi connectivity index (χ3n) is 9.45. The predicted octanol–water partition coefficient (Wildman–Crippen LogP) is 1.38. The van der Waals surface area contributed by atoms with E-state index < -0.39 is 102 Å². The van der Waals surface area contributed by atoms with Crippen LogP contribution in [-0.2, 0) is 55.5 Å². The van der Waals surface area contributed by atoms with E-state index in [9.17, 15) is 67.8 Å². The van der Waals surface area contributed by atoms with E-state index in [2.05, 4.69) is 34.4 Å². The summed E-state index contributed by atoms with van der Waals surface area (Å²) in [5.74, 6) is -2.72. The minimum absolute atomic E-state index is 0.0153. The van der Waals surface area contributed by atoms with Gasteiger partial charge in [-0.15, -0.1) is 0 Å². The number of phosphoric acid groups is 3. The number of anilines is 1. The second-order valence-corrected chi connectivity index (χ2v) is 20.4. The molecule has 30 heteroatoms. The highest BCUT2D eigenvalue weighted by Gasteiger charge is 2.50. The number of nitrogens with one attached hydrogen (secondary N) is 2. The number of nitrogens with two attached hydrogens (primary N) is 1. The maximum absolute atomic E-state index is 12.9. The average Bonchev–Trinajstić information content (AvgIpc) is 3.79. The SMILES string of the molecule is CC(C)(COP(=O)(O)OP(=O)(O)OC[C@H]1O[C@@H](n2cnc3c(N)ncnc32)[C@H](O)[C@@H]1OP(=O)(O)O)C(O)C(=O)NCCC(=O)NCCSC(=O)/C(=C/c1ccc2ccccc2c1)CC(=O)O. The van der Waals surface area contributed by atoms with E-state index in [-0.39, 0.29) is 47.8 Å². The van der Waals surface area contributed by atoms with Gasteiger partial charge < -0.3 is 56.0 Å². The van der Waals surface area contributed by atoms with Crippen molar-refractivity contribution in [1.82, 2.24) is 30.2 Å². The zero-order valence-electron chi connectivity index (χ0n) is 34.8. The number of phosphoric ester groups is 3. The van der Waals surface area contributed by atoms with Crippen LogP contribution in [0.5, 0.6) is 0 Å². The first-order valence-corrected chi connectivity index (χ1v) is 24.8. The Hall–Kier alpha value is -4.53. The van der Waals surface area contributed by atoms with Crippen LogP contribution in [0.4, 0.5) is 5.82 Å². The van der Waals surface area contributed by atoms with Gasteiger partial charge in [-0.2, -0.15) is 4.31 Å². The number of carboxylic acids is 1. The van der Waals surface area contributed by atoms with Gasteiger partial charge in [0.2, 0.25) is 16.9 Å². The molecule has 0 radical (unpaired) electrons. The quantitative estimate of drug-likeness (QED) is 0.0285. The Morgan fingerprint density at radius 3 is 2.38 bits per heavy atom. The molecule has 26 nitrogen and oxygen atoms in total. The van der Waals surface area contributed by atoms with Gasteiger partial charge in [0.25, 0.3) is 0 Å². The zero-order valence-corrected chi connectivity index (χ0v) is 38.3. The van der Waals surface area contributed by atoms with Gasteiger partial charge >= 0.3 is 29.4 Å². The summed E-state index contributed by atoms with van der Waals surface area (Å²) >= 11 is 0.812. The number of hydrogen-bond donors (Lipinski definition) is 10. The van der Waals surface area contributed by atoms with Crippen molar-refractivity contribution >= 4 is 92.0 Å². The maximum atomic E-state index is 12.9. The number of fused-ring (bicyclic) bond motifs is 2. The normalized spacial score (nSPS) is 20.4. The van der Waals surface area contributed by atoms with Crippen LogP contribution >= 0.6 is 35.2 Å². The van der Waals surface area contributed by atoms with Crippen molar-refractivity contribution in [1.29, 1.82) is 0 Å². The Morgan fingerprint density at radius 1 is 0.985 bits per heavy atom. The Labute approximate surface area is 378 Å². The van der Waals surface area contributed by atoms with Crippen molar-refractivity contribution < 1.29 is 90.4 Å². The first-order chi connectivity index (χ1) is 30.8. The standard InChI is InChI=1S/C36H46N7O19P3S/c1-36(2,30(48)33(49)39-10-9-25(44)38-11-12-66-35(50)23(15-26(45)46)14-20-7-8-21-5-3-4-6-22(21)13-20)17-59-65(56,57)62-64(54,55)58-16-24-29(61-63(51,52)53)28(47)34(60-24)43-19-42-27-31(37)40-18-41-32(27)43/h3-8,13-14,18-19,24,28-30,34,47-48H,9-12,15-17H2,1-2H3,(H,38,44)(H,39,49)(H,45,46)(H,54,55)(H,56,57)(H2,37,40,41)(H2,51,52,53)/b23-14+/t24-,28-,29-,30?,34-/m1/s1. The molecule has 66 heavy (non-hydrogen) atoms. The van der Waals surface area contributed by atoms with Crippen molar-refractivity contribution in [3.63, 3.8) is 0 Å². The lowest BCUT2D eigenvalue weighted by molar-refractivity contribution is -0.137. The van der Waals surface area contributed by atoms with E-state index in [1.807, 2.05) is 36.4 Å². The molecule has 0 aliphatic carbocycles. The largest absolute Gasteiger partial charge is 0.481 e. The van der Waals surface area contributed by atoms with Crippen molar-refractivity contribution in [3.8, 4) is 0 Å². The Balaban J connectivity index is 1.04. The van der Waals surface area contributed by atoms with E-state index in [1.165, 1.54) is 19.9 Å². The summed E-state index contributed by atoms with van der Waals surface area (Å²) in [6, 6.07) is 13.0. The molecule has 5 rings (SSSR count). The number of carbonyl (C=O) groups is 4. The number of carbonyl (C=O) groups excluding carboxylic acids is 3. The monoisotopic (exact) mass is 1010 g/mol. The van der Waals surface area contributed by atoms with Gasteiger partial charge in [0.05, 0.1) is 26.0 Å². The fourth-order valence-electron chi connectivity index (χ4n) is 6.21. The van der Waals surface area contributed by atoms with Gasteiger partial charge in [-0.3, -0.25) is 37.3 Å². The van der Waals surface area contributed by atoms with E-state index in [4.69, 9.17) is 19.5 Å². The fraction of sp³-hybridized carbons (Fsp3) is 0.417. The molecule has 3 heterocycles. The molecule has 1 fully saturated rings. The maximum Gasteiger partial charge on any atom is 0.481 e. The minimum atomic E-state index is -5.61. The molecular weight excluding hydrogens is 959 g/mol. The molecule has 4 aromatic rings. The molecule has 2 aromatic carbocycles. The fourth-order valence-corrected chi connectivity index (χ4v) is 9.75. The number of nitrogen functional groups attached to an aromatic ring is 1. The lowest BCUT2D eigenvalue weighted by atomic mass is 9.87. The number of aromatic nitrogens is 4. The summed E-state index contributed by atoms with van der Waals surface area (Å²) in [4.78, 5) is 101. The summed E-state index contributed by atoms with van der Waals surface area (Å²) in [7, 11) is -16.5. The second kappa shape index (κ2) is 22.1. The number of amides is 2. The Kier molecular flexibility index (Phi) is 17.5. The number of rotatable bonds is 23. The number of nitrogens with zero attached hydrogens (tertiary/aromatic N) is 4. The van der Waals surface area contributed by atoms with Gasteiger partial charge in [-0.05, 0) is 28.5 Å². The Bertz CT molecular complexity index is 2610. The highest BCUT2D eigenvalue weighted by atomic mass is 32.2. The summed E-state index contributed by atoms with van der Waals surface area (Å²) in [5.41, 5.74) is 4.89. The predicted molar refractivity (Wildman–Crippen MR) is 231 cm³/mol. The van der Waals surface area contributed by atoms with Gasteiger partial charge in [-0.1, -0.05) is 62.0 Å². The average molecular weight is 1010 g/mol. The third-order valence-corrected chi connectivity index (χ3v) is 13.5. The number of carboxylic acid groups (broad SMARTS) is 1. The molecular formula is C36H46N7O19P3S. The van der Waals surface area contributed by atoms with Crippen LogP contribution in [0.2, 0.25) is 0 Å². The van der Waals surface area contributed by atoms with Crippen LogP contribution in [0.1, 0.15) is 38.5 Å². The van der Waals surface area contributed by atoms with Crippen molar-refractivity contribution in [3.05, 3.63) is 66.3 Å². The number of imidazole rings is 1. The molecule has 0 saturated carbocycles. The summed E-state index contributed by atoms with van der Waals surface area (Å²) < 4.78 is 62.4. The smallest absolute Gasteiger partial charge is 0.481 e. The van der Waals surface area contributed by atoms with E-state index in [1.54, 1.807) is 6.07 Å². The van der Waals surface area contributed by atoms with Crippen LogP contribution in [-0.4, -0.2) is 134 Å². The van der Waals surface area contributed by atoms with Crippen LogP contribution in [0.15, 0.2) is 60.7 Å². The molecule has 0 spiro atoms. The number of benzene rings is 2. The highest BCUT2D eigenvalue weighted by Crippen LogP contribution is 2.61.